The highest BCUT2D eigenvalue weighted by molar-refractivity contribution is 5.92. The van der Waals surface area contributed by atoms with E-state index in [0.29, 0.717) is 0 Å². The molecule has 11 aromatic rings. The summed E-state index contributed by atoms with van der Waals surface area (Å²) in [6, 6.07) is 91.3. The van der Waals surface area contributed by atoms with Gasteiger partial charge in [0.2, 0.25) is 0 Å². The third-order valence-electron chi connectivity index (χ3n) is 17.3. The van der Waals surface area contributed by atoms with Crippen molar-refractivity contribution in [3.8, 4) is 112 Å². The van der Waals surface area contributed by atoms with Crippen molar-refractivity contribution in [1.29, 1.82) is 0 Å². The van der Waals surface area contributed by atoms with Crippen LogP contribution in [0.1, 0.15) is 33.7 Å². The molecule has 0 amide bonds. The number of fused-ring (bicyclic) bond motifs is 10. The van der Waals surface area contributed by atoms with Crippen LogP contribution in [0.15, 0.2) is 267 Å². The average Bonchev–Trinajstić information content (AvgIpc) is 4.10. The summed E-state index contributed by atoms with van der Waals surface area (Å²) >= 11 is 0. The quantitative estimate of drug-likeness (QED) is 0.122. The molecule has 4 heteroatoms. The van der Waals surface area contributed by atoms with E-state index in [0.717, 1.165) is 61.9 Å². The highest BCUT2D eigenvalue weighted by Gasteiger charge is 2.57. The molecule has 14 rings (SSSR count). The second kappa shape index (κ2) is 20.4. The van der Waals surface area contributed by atoms with Gasteiger partial charge in [-0.25, -0.2) is 0 Å². The summed E-state index contributed by atoms with van der Waals surface area (Å²) in [6.45, 7) is 0. The van der Waals surface area contributed by atoms with Gasteiger partial charge >= 0.3 is 0 Å². The van der Waals surface area contributed by atoms with Gasteiger partial charge in [-0.2, -0.15) is 0 Å². The Bertz CT molecular complexity index is 4050. The number of methoxy groups -OCH3 is 4. The molecule has 81 heavy (non-hydrogen) atoms. The summed E-state index contributed by atoms with van der Waals surface area (Å²) in [5.74, 6) is 3.56. The first kappa shape index (κ1) is 49.4. The highest BCUT2D eigenvalue weighted by atomic mass is 16.5. The lowest BCUT2D eigenvalue weighted by Gasteiger charge is -2.37. The van der Waals surface area contributed by atoms with Gasteiger partial charge in [-0.1, -0.05) is 200 Å². The van der Waals surface area contributed by atoms with Crippen molar-refractivity contribution in [3.05, 3.63) is 295 Å². The standard InChI is InChI=1S/C77H58O4/c1-78-65-33-21-53(22-34-65)49-5-13-57(14-6-49)61-29-41-69-70-42-30-62(58-15-7-50(8-16-58)54-23-35-66(79-2)36-24-54)46-74(70)77(73(69)45-61)75-47-63(59-17-9-51(10-18-59)55-25-37-67(80-3)38-26-55)31-43-71(75)72-44-32-64(48-76(72)77)60-19-11-52(12-20-60)56-27-39-68(81-4)40-28-56/h5-48,69,73H,1-4H3. The Morgan fingerprint density at radius 2 is 0.531 bits per heavy atom. The third-order valence-corrected chi connectivity index (χ3v) is 17.3. The second-order valence-electron chi connectivity index (χ2n) is 21.4. The zero-order valence-electron chi connectivity index (χ0n) is 45.7. The molecule has 2 unspecified atom stereocenters. The minimum absolute atomic E-state index is 0.0434. The van der Waals surface area contributed by atoms with E-state index in [1.165, 1.54) is 83.5 Å². The fourth-order valence-electron chi connectivity index (χ4n) is 13.0. The number of hydrogen-bond acceptors (Lipinski definition) is 4. The molecule has 1 spiro atoms. The van der Waals surface area contributed by atoms with Crippen LogP contribution in [0, 0.1) is 5.92 Å². The number of hydrogen-bond donors (Lipinski definition) is 0. The monoisotopic (exact) mass is 1050 g/mol. The second-order valence-corrected chi connectivity index (χ2v) is 21.4. The van der Waals surface area contributed by atoms with Crippen LogP contribution in [0.25, 0.3) is 94.6 Å². The summed E-state index contributed by atoms with van der Waals surface area (Å²) in [5.41, 5.74) is 26.2. The smallest absolute Gasteiger partial charge is 0.118 e. The molecule has 0 saturated heterocycles. The Hall–Kier alpha value is -9.90. The normalized spacial score (nSPS) is 15.0. The van der Waals surface area contributed by atoms with Gasteiger partial charge in [-0.15, -0.1) is 0 Å². The number of benzene rings is 11. The van der Waals surface area contributed by atoms with Gasteiger partial charge in [0, 0.05) is 11.8 Å². The first-order chi connectivity index (χ1) is 39.9. The molecule has 3 aliphatic carbocycles. The van der Waals surface area contributed by atoms with Crippen LogP contribution in [-0.4, -0.2) is 28.4 Å². The van der Waals surface area contributed by atoms with Crippen LogP contribution in [0.3, 0.4) is 0 Å². The van der Waals surface area contributed by atoms with Gasteiger partial charge in [0.1, 0.15) is 23.0 Å². The van der Waals surface area contributed by atoms with Crippen LogP contribution >= 0.6 is 0 Å². The lowest BCUT2D eigenvalue weighted by molar-refractivity contribution is 0.415. The third kappa shape index (κ3) is 8.63. The maximum atomic E-state index is 5.48. The minimum atomic E-state index is -0.569. The topological polar surface area (TPSA) is 36.9 Å². The predicted molar refractivity (Wildman–Crippen MR) is 332 cm³/mol. The number of ether oxygens (including phenoxy) is 4. The lowest BCUT2D eigenvalue weighted by Crippen LogP contribution is -2.33. The molecular formula is C77H58O4. The van der Waals surface area contributed by atoms with Gasteiger partial charge in [0.05, 0.1) is 33.9 Å². The average molecular weight is 1050 g/mol. The molecule has 390 valence electrons. The molecule has 3 aliphatic rings. The Morgan fingerprint density at radius 3 is 0.852 bits per heavy atom. The van der Waals surface area contributed by atoms with E-state index < -0.39 is 5.41 Å². The summed E-state index contributed by atoms with van der Waals surface area (Å²) < 4.78 is 21.9. The van der Waals surface area contributed by atoms with Crippen LogP contribution < -0.4 is 18.9 Å². The molecule has 0 aliphatic heterocycles. The lowest BCUT2D eigenvalue weighted by atomic mass is 9.64. The molecule has 11 aromatic carbocycles. The maximum absolute atomic E-state index is 5.48. The first-order valence-electron chi connectivity index (χ1n) is 27.7. The van der Waals surface area contributed by atoms with Crippen LogP contribution in [0.2, 0.25) is 0 Å². The Kier molecular flexibility index (Phi) is 12.4. The molecule has 0 aromatic heterocycles. The van der Waals surface area contributed by atoms with Crippen molar-refractivity contribution < 1.29 is 18.9 Å². The van der Waals surface area contributed by atoms with E-state index in [-0.39, 0.29) is 11.8 Å². The zero-order chi connectivity index (χ0) is 54.6. The van der Waals surface area contributed by atoms with Crippen molar-refractivity contribution >= 4 is 5.57 Å². The fraction of sp³-hybridized carbons (Fsp3) is 0.0909. The molecule has 2 atom stereocenters. The Labute approximate surface area is 474 Å². The molecule has 0 bridgehead atoms. The molecule has 0 radical (unpaired) electrons. The van der Waals surface area contributed by atoms with E-state index in [4.69, 9.17) is 18.9 Å². The SMILES string of the molecule is COc1ccc(-c2ccc(C3=CC4C(C=C3)c3ccc(-c5ccc(-c6ccc(OC)cc6)cc5)cc3C43c4cc(-c5ccc(-c6ccc(OC)cc6)cc5)ccc4-c4ccc(-c5ccc(-c6ccc(OC)cc6)cc5)cc43)cc2)cc1. The van der Waals surface area contributed by atoms with Crippen LogP contribution in [0.5, 0.6) is 23.0 Å². The van der Waals surface area contributed by atoms with Crippen LogP contribution in [0.4, 0.5) is 0 Å². The van der Waals surface area contributed by atoms with E-state index in [1.807, 2.05) is 48.5 Å². The first-order valence-corrected chi connectivity index (χ1v) is 27.7. The Balaban J connectivity index is 0.945. The highest BCUT2D eigenvalue weighted by Crippen LogP contribution is 2.67. The van der Waals surface area contributed by atoms with Gasteiger partial charge in [0.25, 0.3) is 0 Å². The van der Waals surface area contributed by atoms with Gasteiger partial charge in [0.15, 0.2) is 0 Å². The van der Waals surface area contributed by atoms with E-state index >= 15 is 0 Å². The summed E-state index contributed by atoms with van der Waals surface area (Å²) in [5, 5.41) is 0. The molecular weight excluding hydrogens is 989 g/mol. The van der Waals surface area contributed by atoms with Gasteiger partial charge in [-0.3, -0.25) is 0 Å². The zero-order valence-corrected chi connectivity index (χ0v) is 45.7. The summed E-state index contributed by atoms with van der Waals surface area (Å²) in [6.07, 6.45) is 7.48. The molecule has 0 heterocycles. The van der Waals surface area contributed by atoms with Crippen molar-refractivity contribution in [2.45, 2.75) is 11.3 Å². The molecule has 4 nitrogen and oxygen atoms in total. The van der Waals surface area contributed by atoms with Crippen molar-refractivity contribution in [1.82, 2.24) is 0 Å². The van der Waals surface area contributed by atoms with Crippen LogP contribution in [-0.2, 0) is 5.41 Å². The van der Waals surface area contributed by atoms with Gasteiger partial charge in [-0.05, 0) is 189 Å². The largest absolute Gasteiger partial charge is 0.497 e. The van der Waals surface area contributed by atoms with E-state index in [1.54, 1.807) is 28.4 Å². The fourth-order valence-corrected chi connectivity index (χ4v) is 13.0. The van der Waals surface area contributed by atoms with Crippen molar-refractivity contribution in [3.63, 3.8) is 0 Å². The van der Waals surface area contributed by atoms with E-state index in [2.05, 4.69) is 218 Å². The molecule has 0 fully saturated rings. The summed E-state index contributed by atoms with van der Waals surface area (Å²) in [4.78, 5) is 0. The number of allylic oxidation sites excluding steroid dienone is 4. The molecule has 0 saturated carbocycles. The minimum Gasteiger partial charge on any atom is -0.497 e. The van der Waals surface area contributed by atoms with E-state index in [9.17, 15) is 0 Å². The summed E-state index contributed by atoms with van der Waals surface area (Å²) in [7, 11) is 6.84. The maximum Gasteiger partial charge on any atom is 0.118 e. The predicted octanol–water partition coefficient (Wildman–Crippen LogP) is 19.1. The van der Waals surface area contributed by atoms with Crippen molar-refractivity contribution in [2.24, 2.45) is 5.92 Å². The number of rotatable bonds is 12. The van der Waals surface area contributed by atoms with Crippen molar-refractivity contribution in [2.75, 3.05) is 28.4 Å². The Morgan fingerprint density at radius 1 is 0.272 bits per heavy atom. The molecule has 0 N–H and O–H groups in total. The van der Waals surface area contributed by atoms with Gasteiger partial charge < -0.3 is 18.9 Å².